The van der Waals surface area contributed by atoms with E-state index < -0.39 is 6.04 Å². The van der Waals surface area contributed by atoms with Crippen LogP contribution in [-0.2, 0) is 0 Å². The average Bonchev–Trinajstić information content (AvgIpc) is 2.77. The Balaban J connectivity index is 2.37. The van der Waals surface area contributed by atoms with Crippen molar-refractivity contribution >= 4 is 0 Å². The Bertz CT molecular complexity index is 507. The third-order valence-electron chi connectivity index (χ3n) is 2.59. The maximum atomic E-state index is 13.1. The SMILES string of the molecule is CC(C)n1nccc1C(N)c1cncc(F)c1. The van der Waals surface area contributed by atoms with E-state index in [1.807, 2.05) is 24.6 Å². The summed E-state index contributed by atoms with van der Waals surface area (Å²) in [6, 6.07) is 3.04. The third-order valence-corrected chi connectivity index (χ3v) is 2.59. The molecule has 0 saturated heterocycles. The van der Waals surface area contributed by atoms with Crippen molar-refractivity contribution in [3.63, 3.8) is 0 Å². The highest BCUT2D eigenvalue weighted by Crippen LogP contribution is 2.21. The molecule has 2 N–H and O–H groups in total. The summed E-state index contributed by atoms with van der Waals surface area (Å²) < 4.78 is 14.9. The zero-order valence-electron chi connectivity index (χ0n) is 9.84. The molecule has 0 aliphatic heterocycles. The number of aromatic nitrogens is 3. The monoisotopic (exact) mass is 234 g/mol. The minimum Gasteiger partial charge on any atom is -0.319 e. The standard InChI is InChI=1S/C12H15FN4/c1-8(2)17-11(3-4-16-17)12(14)9-5-10(13)7-15-6-9/h3-8,12H,14H2,1-2H3. The van der Waals surface area contributed by atoms with E-state index in [2.05, 4.69) is 10.1 Å². The fourth-order valence-corrected chi connectivity index (χ4v) is 1.77. The van der Waals surface area contributed by atoms with E-state index in [1.165, 1.54) is 6.07 Å². The number of nitrogens with zero attached hydrogens (tertiary/aromatic N) is 3. The lowest BCUT2D eigenvalue weighted by Gasteiger charge is -2.16. The molecule has 1 unspecified atom stereocenters. The van der Waals surface area contributed by atoms with Crippen LogP contribution in [0.3, 0.4) is 0 Å². The highest BCUT2D eigenvalue weighted by molar-refractivity contribution is 5.24. The van der Waals surface area contributed by atoms with Gasteiger partial charge in [0.05, 0.1) is 17.9 Å². The molecule has 0 radical (unpaired) electrons. The molecule has 0 aliphatic carbocycles. The van der Waals surface area contributed by atoms with Crippen LogP contribution in [0.2, 0.25) is 0 Å². The number of pyridine rings is 1. The highest BCUT2D eigenvalue weighted by atomic mass is 19.1. The Morgan fingerprint density at radius 3 is 2.76 bits per heavy atom. The van der Waals surface area contributed by atoms with Gasteiger partial charge in [-0.05, 0) is 31.5 Å². The molecule has 2 aromatic heterocycles. The van der Waals surface area contributed by atoms with Crippen molar-refractivity contribution in [3.8, 4) is 0 Å². The van der Waals surface area contributed by atoms with Gasteiger partial charge >= 0.3 is 0 Å². The molecular weight excluding hydrogens is 219 g/mol. The number of rotatable bonds is 3. The third kappa shape index (κ3) is 2.34. The Kier molecular flexibility index (Phi) is 3.19. The van der Waals surface area contributed by atoms with Gasteiger partial charge in [0, 0.05) is 18.4 Å². The summed E-state index contributed by atoms with van der Waals surface area (Å²) in [5.74, 6) is -0.381. The smallest absolute Gasteiger partial charge is 0.141 e. The molecule has 2 heterocycles. The average molecular weight is 234 g/mol. The van der Waals surface area contributed by atoms with Gasteiger partial charge in [0.25, 0.3) is 0 Å². The van der Waals surface area contributed by atoms with E-state index >= 15 is 0 Å². The van der Waals surface area contributed by atoms with Gasteiger partial charge in [0.1, 0.15) is 5.82 Å². The van der Waals surface area contributed by atoms with E-state index in [1.54, 1.807) is 12.4 Å². The molecule has 1 atom stereocenters. The lowest BCUT2D eigenvalue weighted by molar-refractivity contribution is 0.498. The van der Waals surface area contributed by atoms with Gasteiger partial charge in [-0.1, -0.05) is 0 Å². The Labute approximate surface area is 99.3 Å². The second-order valence-corrected chi connectivity index (χ2v) is 4.21. The van der Waals surface area contributed by atoms with Gasteiger partial charge in [0.2, 0.25) is 0 Å². The van der Waals surface area contributed by atoms with E-state index in [0.717, 1.165) is 11.9 Å². The minimum absolute atomic E-state index is 0.215. The van der Waals surface area contributed by atoms with Crippen molar-refractivity contribution < 1.29 is 4.39 Å². The summed E-state index contributed by atoms with van der Waals surface area (Å²) in [7, 11) is 0. The van der Waals surface area contributed by atoms with E-state index in [4.69, 9.17) is 5.73 Å². The lowest BCUT2D eigenvalue weighted by atomic mass is 10.1. The maximum Gasteiger partial charge on any atom is 0.141 e. The van der Waals surface area contributed by atoms with Crippen LogP contribution < -0.4 is 5.73 Å². The quantitative estimate of drug-likeness (QED) is 0.884. The van der Waals surface area contributed by atoms with Crippen LogP contribution in [0.25, 0.3) is 0 Å². The number of hydrogen-bond donors (Lipinski definition) is 1. The summed E-state index contributed by atoms with van der Waals surface area (Å²) in [6.07, 6.45) is 4.43. The predicted molar refractivity (Wildman–Crippen MR) is 62.8 cm³/mol. The molecule has 2 rings (SSSR count). The molecule has 2 aromatic rings. The molecule has 0 spiro atoms. The number of nitrogens with two attached hydrogens (primary N) is 1. The predicted octanol–water partition coefficient (Wildman–Crippen LogP) is 2.05. The zero-order valence-corrected chi connectivity index (χ0v) is 9.84. The molecule has 0 fully saturated rings. The van der Waals surface area contributed by atoms with Crippen molar-refractivity contribution in [2.45, 2.75) is 25.9 Å². The summed E-state index contributed by atoms with van der Waals surface area (Å²) in [6.45, 7) is 4.04. The number of hydrogen-bond acceptors (Lipinski definition) is 3. The molecule has 5 heteroatoms. The van der Waals surface area contributed by atoms with Gasteiger partial charge in [-0.3, -0.25) is 9.67 Å². The van der Waals surface area contributed by atoms with Gasteiger partial charge in [-0.15, -0.1) is 0 Å². The minimum atomic E-state index is -0.414. The molecule has 0 bridgehead atoms. The van der Waals surface area contributed by atoms with Crippen molar-refractivity contribution in [1.82, 2.24) is 14.8 Å². The topological polar surface area (TPSA) is 56.7 Å². The van der Waals surface area contributed by atoms with Crippen LogP contribution in [-0.4, -0.2) is 14.8 Å². The summed E-state index contributed by atoms with van der Waals surface area (Å²) in [5.41, 5.74) is 7.60. The van der Waals surface area contributed by atoms with Gasteiger partial charge in [-0.2, -0.15) is 5.10 Å². The van der Waals surface area contributed by atoms with Gasteiger partial charge in [0.15, 0.2) is 0 Å². The molecular formula is C12H15FN4. The second kappa shape index (κ2) is 4.63. The first-order valence-corrected chi connectivity index (χ1v) is 5.49. The molecule has 0 aromatic carbocycles. The summed E-state index contributed by atoms with van der Waals surface area (Å²) >= 11 is 0. The van der Waals surface area contributed by atoms with E-state index in [9.17, 15) is 4.39 Å². The van der Waals surface area contributed by atoms with Crippen molar-refractivity contribution in [3.05, 3.63) is 47.8 Å². The molecule has 17 heavy (non-hydrogen) atoms. The largest absolute Gasteiger partial charge is 0.319 e. The van der Waals surface area contributed by atoms with Crippen LogP contribution in [0.1, 0.15) is 37.2 Å². The molecule has 0 amide bonds. The van der Waals surface area contributed by atoms with Crippen LogP contribution in [0.4, 0.5) is 4.39 Å². The first-order valence-electron chi connectivity index (χ1n) is 5.49. The molecule has 0 saturated carbocycles. The first-order chi connectivity index (χ1) is 8.09. The van der Waals surface area contributed by atoms with Crippen molar-refractivity contribution in [2.75, 3.05) is 0 Å². The Morgan fingerprint density at radius 2 is 2.12 bits per heavy atom. The van der Waals surface area contributed by atoms with Gasteiger partial charge in [-0.25, -0.2) is 4.39 Å². The first kappa shape index (κ1) is 11.7. The van der Waals surface area contributed by atoms with Gasteiger partial charge < -0.3 is 5.73 Å². The van der Waals surface area contributed by atoms with E-state index in [-0.39, 0.29) is 11.9 Å². The zero-order chi connectivity index (χ0) is 12.4. The fraction of sp³-hybridized carbons (Fsp3) is 0.333. The second-order valence-electron chi connectivity index (χ2n) is 4.21. The fourth-order valence-electron chi connectivity index (χ4n) is 1.77. The van der Waals surface area contributed by atoms with Crippen LogP contribution >= 0.6 is 0 Å². The van der Waals surface area contributed by atoms with Crippen molar-refractivity contribution in [2.24, 2.45) is 5.73 Å². The summed E-state index contributed by atoms with van der Waals surface area (Å²) in [4.78, 5) is 3.81. The number of halogens is 1. The van der Waals surface area contributed by atoms with Crippen molar-refractivity contribution in [1.29, 1.82) is 0 Å². The van der Waals surface area contributed by atoms with E-state index in [0.29, 0.717) is 5.56 Å². The Morgan fingerprint density at radius 1 is 1.35 bits per heavy atom. The van der Waals surface area contributed by atoms with Crippen LogP contribution in [0.15, 0.2) is 30.7 Å². The summed E-state index contributed by atoms with van der Waals surface area (Å²) in [5, 5.41) is 4.21. The lowest BCUT2D eigenvalue weighted by Crippen LogP contribution is -2.19. The molecule has 4 nitrogen and oxygen atoms in total. The van der Waals surface area contributed by atoms with Crippen LogP contribution in [0, 0.1) is 5.82 Å². The Hall–Kier alpha value is -1.75. The highest BCUT2D eigenvalue weighted by Gasteiger charge is 2.16. The maximum absolute atomic E-state index is 13.1. The molecule has 0 aliphatic rings. The molecule has 90 valence electrons. The normalized spacial score (nSPS) is 13.0. The van der Waals surface area contributed by atoms with Crippen LogP contribution in [0.5, 0.6) is 0 Å².